The van der Waals surface area contributed by atoms with Gasteiger partial charge in [-0.3, -0.25) is 4.79 Å². The van der Waals surface area contributed by atoms with E-state index in [0.717, 1.165) is 5.75 Å². The normalized spacial score (nSPS) is 27.6. The van der Waals surface area contributed by atoms with Crippen LogP contribution in [0.4, 0.5) is 0 Å². The van der Waals surface area contributed by atoms with Gasteiger partial charge in [-0.25, -0.2) is 4.79 Å². The van der Waals surface area contributed by atoms with Crippen LogP contribution in [0.25, 0.3) is 0 Å². The van der Waals surface area contributed by atoms with Gasteiger partial charge < -0.3 is 19.9 Å². The summed E-state index contributed by atoms with van der Waals surface area (Å²) in [4.78, 5) is 23.0. The number of carbonyl (C=O) groups is 2. The van der Waals surface area contributed by atoms with Gasteiger partial charge in [0, 0.05) is 5.75 Å². The highest BCUT2D eigenvalue weighted by atomic mass is 32.2. The molecule has 7 heteroatoms. The third kappa shape index (κ3) is 2.49. The van der Waals surface area contributed by atoms with Crippen LogP contribution in [0.5, 0.6) is 0 Å². The van der Waals surface area contributed by atoms with E-state index in [9.17, 15) is 14.7 Å². The minimum atomic E-state index is -1.18. The molecule has 2 heterocycles. The molecule has 0 aromatic carbocycles. The van der Waals surface area contributed by atoms with Gasteiger partial charge in [0.1, 0.15) is 25.0 Å². The molecule has 0 spiro atoms. The van der Waals surface area contributed by atoms with E-state index in [1.54, 1.807) is 0 Å². The lowest BCUT2D eigenvalue weighted by Crippen LogP contribution is -2.55. The zero-order chi connectivity index (χ0) is 12.3. The molecule has 0 saturated carbocycles. The Kier molecular flexibility index (Phi) is 3.46. The molecule has 94 valence electrons. The van der Waals surface area contributed by atoms with Crippen LogP contribution in [0.3, 0.4) is 0 Å². The first-order valence-corrected chi connectivity index (χ1v) is 6.38. The Hall–Kier alpha value is -1.37. The molecule has 0 bridgehead atoms. The molecule has 1 unspecified atom stereocenters. The summed E-state index contributed by atoms with van der Waals surface area (Å²) < 4.78 is 10.1. The number of rotatable bonds is 3. The highest BCUT2D eigenvalue weighted by Crippen LogP contribution is 2.28. The molecule has 2 aliphatic rings. The van der Waals surface area contributed by atoms with Gasteiger partial charge in [0.25, 0.3) is 5.91 Å². The maximum atomic E-state index is 11.8. The quantitative estimate of drug-likeness (QED) is 0.739. The Morgan fingerprint density at radius 1 is 1.47 bits per heavy atom. The van der Waals surface area contributed by atoms with E-state index in [0.29, 0.717) is 25.4 Å². The van der Waals surface area contributed by atoms with E-state index < -0.39 is 17.4 Å². The second-order valence-electron chi connectivity index (χ2n) is 3.85. The Bertz CT molecular complexity index is 362. The number of thioether (sulfide) groups is 1. The number of nitrogens with one attached hydrogen (secondary N) is 1. The lowest BCUT2D eigenvalue weighted by atomic mass is 9.99. The minimum Gasteiger partial charge on any atom is -0.494 e. The van der Waals surface area contributed by atoms with Crippen LogP contribution in [0.15, 0.2) is 12.0 Å². The van der Waals surface area contributed by atoms with Gasteiger partial charge in [-0.15, -0.1) is 0 Å². The van der Waals surface area contributed by atoms with Crippen molar-refractivity contribution in [2.24, 2.45) is 0 Å². The SMILES string of the molecule is O=C(NC1(C(=O)O)CCSC1)C1=COCCO1. The van der Waals surface area contributed by atoms with Crippen LogP contribution in [0, 0.1) is 0 Å². The molecule has 1 amide bonds. The summed E-state index contributed by atoms with van der Waals surface area (Å²) in [6, 6.07) is 0. The molecule has 2 N–H and O–H groups in total. The van der Waals surface area contributed by atoms with Crippen molar-refractivity contribution in [3.8, 4) is 0 Å². The highest BCUT2D eigenvalue weighted by Gasteiger charge is 2.44. The number of hydrogen-bond donors (Lipinski definition) is 2. The van der Waals surface area contributed by atoms with Crippen molar-refractivity contribution in [2.75, 3.05) is 24.7 Å². The molecule has 1 atom stereocenters. The molecule has 0 aromatic heterocycles. The summed E-state index contributed by atoms with van der Waals surface area (Å²) >= 11 is 1.51. The van der Waals surface area contributed by atoms with Crippen LogP contribution < -0.4 is 5.32 Å². The van der Waals surface area contributed by atoms with Gasteiger partial charge >= 0.3 is 5.97 Å². The maximum Gasteiger partial charge on any atom is 0.330 e. The lowest BCUT2D eigenvalue weighted by molar-refractivity contribution is -0.146. The van der Waals surface area contributed by atoms with Crippen molar-refractivity contribution in [1.29, 1.82) is 0 Å². The summed E-state index contributed by atoms with van der Waals surface area (Å²) in [7, 11) is 0. The topological polar surface area (TPSA) is 84.9 Å². The highest BCUT2D eigenvalue weighted by molar-refractivity contribution is 7.99. The minimum absolute atomic E-state index is 0.0359. The fourth-order valence-corrected chi connectivity index (χ4v) is 2.98. The van der Waals surface area contributed by atoms with Crippen molar-refractivity contribution in [3.05, 3.63) is 12.0 Å². The summed E-state index contributed by atoms with van der Waals surface area (Å²) in [6.45, 7) is 0.699. The van der Waals surface area contributed by atoms with Crippen LogP contribution in [-0.4, -0.2) is 47.2 Å². The molecule has 1 fully saturated rings. The van der Waals surface area contributed by atoms with Crippen molar-refractivity contribution in [1.82, 2.24) is 5.32 Å². The number of carbonyl (C=O) groups excluding carboxylic acids is 1. The fraction of sp³-hybridized carbons (Fsp3) is 0.600. The molecule has 0 aromatic rings. The monoisotopic (exact) mass is 259 g/mol. The molecule has 2 rings (SSSR count). The van der Waals surface area contributed by atoms with Crippen molar-refractivity contribution < 1.29 is 24.2 Å². The third-order valence-corrected chi connectivity index (χ3v) is 3.85. The van der Waals surface area contributed by atoms with E-state index in [4.69, 9.17) is 9.47 Å². The number of hydrogen-bond acceptors (Lipinski definition) is 5. The van der Waals surface area contributed by atoms with E-state index in [2.05, 4.69) is 5.32 Å². The summed E-state index contributed by atoms with van der Waals surface area (Å²) in [6.07, 6.45) is 1.64. The summed E-state index contributed by atoms with van der Waals surface area (Å²) in [5.74, 6) is -0.401. The second kappa shape index (κ2) is 4.87. The molecule has 0 aliphatic carbocycles. The van der Waals surface area contributed by atoms with E-state index in [1.807, 2.05) is 0 Å². The van der Waals surface area contributed by atoms with E-state index >= 15 is 0 Å². The van der Waals surface area contributed by atoms with Crippen molar-refractivity contribution in [3.63, 3.8) is 0 Å². The zero-order valence-electron chi connectivity index (χ0n) is 9.10. The maximum absolute atomic E-state index is 11.8. The number of carboxylic acid groups (broad SMARTS) is 1. The van der Waals surface area contributed by atoms with Gasteiger partial charge in [-0.2, -0.15) is 11.8 Å². The number of amides is 1. The van der Waals surface area contributed by atoms with Gasteiger partial charge in [0.05, 0.1) is 0 Å². The Morgan fingerprint density at radius 2 is 2.29 bits per heavy atom. The number of aliphatic carboxylic acids is 1. The number of ether oxygens (including phenoxy) is 2. The van der Waals surface area contributed by atoms with Crippen LogP contribution >= 0.6 is 11.8 Å². The Morgan fingerprint density at radius 3 is 2.82 bits per heavy atom. The fourth-order valence-electron chi connectivity index (χ4n) is 1.65. The zero-order valence-corrected chi connectivity index (χ0v) is 9.92. The van der Waals surface area contributed by atoms with Crippen LogP contribution in [0.2, 0.25) is 0 Å². The number of carboxylic acids is 1. The van der Waals surface area contributed by atoms with Gasteiger partial charge in [0.15, 0.2) is 0 Å². The first-order valence-electron chi connectivity index (χ1n) is 5.22. The Balaban J connectivity index is 2.05. The molecule has 1 saturated heterocycles. The smallest absolute Gasteiger partial charge is 0.330 e. The molecule has 6 nitrogen and oxygen atoms in total. The summed E-state index contributed by atoms with van der Waals surface area (Å²) in [5.41, 5.74) is -1.18. The third-order valence-electron chi connectivity index (χ3n) is 2.66. The van der Waals surface area contributed by atoms with Crippen molar-refractivity contribution in [2.45, 2.75) is 12.0 Å². The van der Waals surface area contributed by atoms with Gasteiger partial charge in [0.2, 0.25) is 5.76 Å². The van der Waals surface area contributed by atoms with Gasteiger partial charge in [-0.1, -0.05) is 0 Å². The standard InChI is InChI=1S/C10H13NO5S/c12-8(7-5-15-2-3-16-7)11-10(9(13)14)1-4-17-6-10/h5H,1-4,6H2,(H,11,12)(H,13,14). The van der Waals surface area contributed by atoms with E-state index in [1.165, 1.54) is 18.0 Å². The molecular weight excluding hydrogens is 246 g/mol. The lowest BCUT2D eigenvalue weighted by Gasteiger charge is -2.25. The molecule has 17 heavy (non-hydrogen) atoms. The Labute approximate surface area is 102 Å². The van der Waals surface area contributed by atoms with Crippen LogP contribution in [-0.2, 0) is 19.1 Å². The van der Waals surface area contributed by atoms with Crippen LogP contribution in [0.1, 0.15) is 6.42 Å². The predicted molar refractivity (Wildman–Crippen MR) is 60.4 cm³/mol. The first-order chi connectivity index (χ1) is 8.14. The summed E-state index contributed by atoms with van der Waals surface area (Å²) in [5, 5.41) is 11.7. The van der Waals surface area contributed by atoms with Crippen molar-refractivity contribution >= 4 is 23.6 Å². The average molecular weight is 259 g/mol. The molecule has 0 radical (unpaired) electrons. The average Bonchev–Trinajstić information content (AvgIpc) is 2.80. The van der Waals surface area contributed by atoms with Gasteiger partial charge in [-0.05, 0) is 12.2 Å². The second-order valence-corrected chi connectivity index (χ2v) is 4.95. The molecular formula is C10H13NO5S. The van der Waals surface area contributed by atoms with E-state index in [-0.39, 0.29) is 5.76 Å². The predicted octanol–water partition coefficient (Wildman–Crippen LogP) is -0.0489. The molecule has 2 aliphatic heterocycles. The largest absolute Gasteiger partial charge is 0.494 e. The first kappa shape index (κ1) is 12.1.